The summed E-state index contributed by atoms with van der Waals surface area (Å²) in [7, 11) is 0. The van der Waals surface area contributed by atoms with Gasteiger partial charge in [-0.05, 0) is 11.6 Å². The predicted molar refractivity (Wildman–Crippen MR) is 30.9 cm³/mol. The molecule has 0 saturated carbocycles. The molecule has 1 aliphatic carbocycles. The van der Waals surface area contributed by atoms with E-state index in [1.807, 2.05) is 18.2 Å². The van der Waals surface area contributed by atoms with Crippen LogP contribution in [0.3, 0.4) is 0 Å². The van der Waals surface area contributed by atoms with E-state index in [0.29, 0.717) is 0 Å². The first kappa shape index (κ1) is 3.75. The van der Waals surface area contributed by atoms with Crippen LogP contribution in [0.25, 0.3) is 0 Å². The van der Waals surface area contributed by atoms with Crippen molar-refractivity contribution in [2.75, 3.05) is 0 Å². The van der Waals surface area contributed by atoms with Gasteiger partial charge in [-0.2, -0.15) is 0 Å². The first-order valence-corrected chi connectivity index (χ1v) is 2.24. The van der Waals surface area contributed by atoms with Crippen LogP contribution in [0.1, 0.15) is 0 Å². The summed E-state index contributed by atoms with van der Waals surface area (Å²) in [6.45, 7) is 0. The standard InChI is InChI=1S/C5H4S/c6-4-3-5-1-2-5/h1-4H. The van der Waals surface area contributed by atoms with Crippen LogP contribution in [0.5, 0.6) is 0 Å². The smallest absolute Gasteiger partial charge is 0.00194 e. The average Bonchev–Trinajstić information content (AvgIpc) is 2.21. The van der Waals surface area contributed by atoms with Gasteiger partial charge in [-0.15, -0.1) is 0 Å². The quantitative estimate of drug-likeness (QED) is 0.352. The fraction of sp³-hybridized carbons (Fsp3) is 0. The van der Waals surface area contributed by atoms with E-state index in [9.17, 15) is 0 Å². The summed E-state index contributed by atoms with van der Waals surface area (Å²) in [4.78, 5) is 0. The molecule has 0 aromatic carbocycles. The highest BCUT2D eigenvalue weighted by molar-refractivity contribution is 7.79. The topological polar surface area (TPSA) is 0 Å². The van der Waals surface area contributed by atoms with Crippen LogP contribution in [0.2, 0.25) is 0 Å². The van der Waals surface area contributed by atoms with E-state index in [-0.39, 0.29) is 0 Å². The van der Waals surface area contributed by atoms with Gasteiger partial charge in [-0.25, -0.2) is 0 Å². The molecule has 0 aromatic heterocycles. The number of hydrogen-bond acceptors (Lipinski definition) is 1. The lowest BCUT2D eigenvalue weighted by Gasteiger charge is -1.59. The molecule has 0 aromatic rings. The van der Waals surface area contributed by atoms with E-state index in [4.69, 9.17) is 0 Å². The Kier molecular flexibility index (Phi) is 0.843. The SMILES string of the molecule is S=CC=C1C=C1. The lowest BCUT2D eigenvalue weighted by atomic mass is 10.5. The van der Waals surface area contributed by atoms with Gasteiger partial charge in [0.05, 0.1) is 0 Å². The summed E-state index contributed by atoms with van der Waals surface area (Å²) in [6.07, 6.45) is 5.93. The van der Waals surface area contributed by atoms with Crippen LogP contribution in [-0.4, -0.2) is 5.37 Å². The Morgan fingerprint density at radius 1 is 1.50 bits per heavy atom. The molecule has 0 bridgehead atoms. The fourth-order valence-corrected chi connectivity index (χ4v) is 0.395. The maximum Gasteiger partial charge on any atom is 0.00194 e. The molecular formula is C5H4S. The normalized spacial score (nSPS) is 14.3. The van der Waals surface area contributed by atoms with E-state index in [0.717, 1.165) is 0 Å². The highest BCUT2D eigenvalue weighted by Gasteiger charge is 1.92. The molecular weight excluding hydrogens is 92.1 g/mol. The van der Waals surface area contributed by atoms with E-state index >= 15 is 0 Å². The molecule has 6 heavy (non-hydrogen) atoms. The highest BCUT2D eigenvalue weighted by Crippen LogP contribution is 2.11. The van der Waals surface area contributed by atoms with Crippen molar-refractivity contribution >= 4 is 17.6 Å². The second-order valence-corrected chi connectivity index (χ2v) is 1.41. The van der Waals surface area contributed by atoms with Gasteiger partial charge in [0.1, 0.15) is 0 Å². The van der Waals surface area contributed by atoms with Crippen molar-refractivity contribution < 1.29 is 0 Å². The second kappa shape index (κ2) is 1.35. The zero-order valence-corrected chi connectivity index (χ0v) is 4.03. The van der Waals surface area contributed by atoms with Crippen LogP contribution >= 0.6 is 12.2 Å². The molecule has 1 heteroatoms. The molecule has 0 N–H and O–H groups in total. The Bertz CT molecular complexity index is 112. The summed E-state index contributed by atoms with van der Waals surface area (Å²) in [5, 5.41) is 1.62. The molecule has 0 atom stereocenters. The minimum Gasteiger partial charge on any atom is -0.0887 e. The molecule has 0 spiro atoms. The van der Waals surface area contributed by atoms with Crippen LogP contribution in [0.15, 0.2) is 23.8 Å². The van der Waals surface area contributed by atoms with Gasteiger partial charge in [0.15, 0.2) is 0 Å². The van der Waals surface area contributed by atoms with E-state index in [2.05, 4.69) is 12.2 Å². The first-order chi connectivity index (χ1) is 2.93. The molecule has 0 fully saturated rings. The molecule has 0 aliphatic heterocycles. The third-order valence-electron chi connectivity index (χ3n) is 0.620. The fourth-order valence-electron chi connectivity index (χ4n) is 0.238. The molecule has 1 rings (SSSR count). The zero-order valence-electron chi connectivity index (χ0n) is 3.22. The van der Waals surface area contributed by atoms with Crippen molar-refractivity contribution in [3.63, 3.8) is 0 Å². The largest absolute Gasteiger partial charge is 0.0887 e. The van der Waals surface area contributed by atoms with Gasteiger partial charge >= 0.3 is 0 Å². The second-order valence-electron chi connectivity index (χ2n) is 1.14. The Labute approximate surface area is 42.2 Å². The van der Waals surface area contributed by atoms with Gasteiger partial charge in [-0.1, -0.05) is 24.4 Å². The summed E-state index contributed by atoms with van der Waals surface area (Å²) in [6, 6.07) is 0. The maximum atomic E-state index is 4.53. The van der Waals surface area contributed by atoms with Crippen LogP contribution in [-0.2, 0) is 0 Å². The Balaban J connectivity index is 2.46. The van der Waals surface area contributed by atoms with Gasteiger partial charge in [0.2, 0.25) is 0 Å². The van der Waals surface area contributed by atoms with Gasteiger partial charge in [-0.3, -0.25) is 0 Å². The van der Waals surface area contributed by atoms with Crippen molar-refractivity contribution in [1.29, 1.82) is 0 Å². The monoisotopic (exact) mass is 96.0 g/mol. The van der Waals surface area contributed by atoms with Crippen LogP contribution in [0, 0.1) is 0 Å². The maximum absolute atomic E-state index is 4.53. The Morgan fingerprint density at radius 2 is 2.17 bits per heavy atom. The molecule has 0 heterocycles. The van der Waals surface area contributed by atoms with Crippen LogP contribution < -0.4 is 0 Å². The zero-order chi connectivity index (χ0) is 4.41. The van der Waals surface area contributed by atoms with Crippen LogP contribution in [0.4, 0.5) is 0 Å². The van der Waals surface area contributed by atoms with Gasteiger partial charge < -0.3 is 0 Å². The van der Waals surface area contributed by atoms with E-state index in [1.165, 1.54) is 5.57 Å². The summed E-state index contributed by atoms with van der Waals surface area (Å²) in [5.41, 5.74) is 1.25. The third kappa shape index (κ3) is 0.760. The van der Waals surface area contributed by atoms with Crippen molar-refractivity contribution in [2.24, 2.45) is 0 Å². The molecule has 0 unspecified atom stereocenters. The average molecular weight is 96.2 g/mol. The molecule has 0 saturated heterocycles. The molecule has 0 radical (unpaired) electrons. The third-order valence-corrected chi connectivity index (χ3v) is 0.756. The Hall–Kier alpha value is -0.430. The van der Waals surface area contributed by atoms with E-state index in [1.54, 1.807) is 5.37 Å². The van der Waals surface area contributed by atoms with Gasteiger partial charge in [0, 0.05) is 5.37 Å². The number of hydrogen-bond donors (Lipinski definition) is 0. The predicted octanol–water partition coefficient (Wildman–Crippen LogP) is 1.48. The van der Waals surface area contributed by atoms with Crippen molar-refractivity contribution in [1.82, 2.24) is 0 Å². The Morgan fingerprint density at radius 3 is 2.33 bits per heavy atom. The summed E-state index contributed by atoms with van der Waals surface area (Å²) < 4.78 is 0. The molecule has 0 nitrogen and oxygen atoms in total. The molecule has 0 amide bonds. The molecule has 1 aliphatic rings. The number of allylic oxidation sites excluding steroid dienone is 4. The number of rotatable bonds is 1. The van der Waals surface area contributed by atoms with Crippen molar-refractivity contribution in [2.45, 2.75) is 0 Å². The van der Waals surface area contributed by atoms with Crippen molar-refractivity contribution in [3.8, 4) is 0 Å². The number of thiocarbonyl (C=S) groups is 1. The van der Waals surface area contributed by atoms with Gasteiger partial charge in [0.25, 0.3) is 0 Å². The first-order valence-electron chi connectivity index (χ1n) is 1.77. The van der Waals surface area contributed by atoms with E-state index < -0.39 is 0 Å². The minimum absolute atomic E-state index is 1.25. The lowest BCUT2D eigenvalue weighted by Crippen LogP contribution is -1.49. The molecule has 30 valence electrons. The lowest BCUT2D eigenvalue weighted by molar-refractivity contribution is 2.10. The minimum atomic E-state index is 1.25. The summed E-state index contributed by atoms with van der Waals surface area (Å²) in [5.74, 6) is 0. The summed E-state index contributed by atoms with van der Waals surface area (Å²) >= 11 is 4.53. The highest BCUT2D eigenvalue weighted by atomic mass is 32.1. The van der Waals surface area contributed by atoms with Crippen molar-refractivity contribution in [3.05, 3.63) is 23.8 Å².